The van der Waals surface area contributed by atoms with Crippen LogP contribution in [0.4, 0.5) is 17.1 Å². The fourth-order valence-electron chi connectivity index (χ4n) is 12.5. The van der Waals surface area contributed by atoms with Gasteiger partial charge in [0.15, 0.2) is 0 Å². The monoisotopic (exact) mass is 877 g/mol. The standard InChI is InChI=1S/C68H47N/c1-67(2)63-42-50(54-24-15-27-62-66(54)58-23-12-14-26-61(58)68(62)60-25-13-11-22-55(60)59-40-48-20-9-10-21-49(48)41-65(59)68)32-38-56(63)57-39-37-53(43-64(57)67)69(51-33-28-46(29-34-51)44-16-5-3-6-17-44)52-35-30-47(31-36-52)45-18-7-4-8-19-45/h3-43H,1-2H3. The first-order valence-electron chi connectivity index (χ1n) is 24.2. The maximum absolute atomic E-state index is 2.50. The highest BCUT2D eigenvalue weighted by Gasteiger charge is 2.52. The summed E-state index contributed by atoms with van der Waals surface area (Å²) in [4.78, 5) is 2.41. The molecule has 11 aromatic carbocycles. The van der Waals surface area contributed by atoms with E-state index in [1.54, 1.807) is 0 Å². The SMILES string of the molecule is CC1(C)c2cc(-c3cccc4c3-c3ccccc3C43c4ccccc4-c4cc5ccccc5cc43)ccc2-c2ccc(N(c3ccc(-c4ccccc4)cc3)c3ccc(-c4ccccc4)cc3)cc21. The van der Waals surface area contributed by atoms with E-state index in [0.717, 1.165) is 17.1 Å². The van der Waals surface area contributed by atoms with E-state index < -0.39 is 5.41 Å². The van der Waals surface area contributed by atoms with Gasteiger partial charge >= 0.3 is 0 Å². The van der Waals surface area contributed by atoms with Gasteiger partial charge in [-0.15, -0.1) is 0 Å². The molecule has 0 amide bonds. The van der Waals surface area contributed by atoms with Crippen LogP contribution in [0.2, 0.25) is 0 Å². The Hall–Kier alpha value is -8.52. The van der Waals surface area contributed by atoms with E-state index in [1.165, 1.54) is 111 Å². The van der Waals surface area contributed by atoms with Crippen LogP contribution >= 0.6 is 0 Å². The third-order valence-electron chi connectivity index (χ3n) is 15.7. The number of nitrogens with zero attached hydrogens (tertiary/aromatic N) is 1. The molecule has 1 atom stereocenters. The lowest BCUT2D eigenvalue weighted by Gasteiger charge is -2.30. The topological polar surface area (TPSA) is 3.24 Å². The maximum Gasteiger partial charge on any atom is 0.0725 e. The normalized spacial score (nSPS) is 15.3. The Morgan fingerprint density at radius 2 is 0.710 bits per heavy atom. The van der Waals surface area contributed by atoms with Gasteiger partial charge in [0.25, 0.3) is 0 Å². The minimum atomic E-state index is -0.420. The third kappa shape index (κ3) is 5.77. The molecule has 0 aromatic heterocycles. The molecular weight excluding hydrogens is 831 g/mol. The minimum absolute atomic E-state index is 0.252. The van der Waals surface area contributed by atoms with Crippen LogP contribution in [0, 0.1) is 0 Å². The molecule has 3 aliphatic carbocycles. The Balaban J connectivity index is 0.888. The van der Waals surface area contributed by atoms with Gasteiger partial charge in [-0.1, -0.05) is 208 Å². The molecule has 0 fully saturated rings. The van der Waals surface area contributed by atoms with E-state index >= 15 is 0 Å². The van der Waals surface area contributed by atoms with E-state index in [-0.39, 0.29) is 5.41 Å². The third-order valence-corrected chi connectivity index (χ3v) is 15.7. The number of anilines is 3. The predicted octanol–water partition coefficient (Wildman–Crippen LogP) is 18.0. The van der Waals surface area contributed by atoms with Gasteiger partial charge in [0.1, 0.15) is 0 Å². The van der Waals surface area contributed by atoms with Crippen molar-refractivity contribution in [3.8, 4) is 66.8 Å². The van der Waals surface area contributed by atoms with Crippen LogP contribution in [0.25, 0.3) is 77.5 Å². The maximum atomic E-state index is 2.50. The van der Waals surface area contributed by atoms with Crippen LogP contribution in [-0.2, 0) is 10.8 Å². The van der Waals surface area contributed by atoms with Gasteiger partial charge in [0.05, 0.1) is 5.41 Å². The van der Waals surface area contributed by atoms with Crippen molar-refractivity contribution in [2.45, 2.75) is 24.7 Å². The lowest BCUT2D eigenvalue weighted by atomic mass is 9.70. The molecule has 0 aliphatic heterocycles. The summed E-state index contributed by atoms with van der Waals surface area (Å²) in [5.41, 5.74) is 26.2. The summed E-state index contributed by atoms with van der Waals surface area (Å²) in [6.45, 7) is 4.82. The summed E-state index contributed by atoms with van der Waals surface area (Å²) < 4.78 is 0. The van der Waals surface area contributed by atoms with Gasteiger partial charge < -0.3 is 4.90 Å². The second-order valence-electron chi connectivity index (χ2n) is 19.6. The van der Waals surface area contributed by atoms with Crippen molar-refractivity contribution in [2.24, 2.45) is 0 Å². The van der Waals surface area contributed by atoms with Gasteiger partial charge in [0, 0.05) is 22.5 Å². The number of hydrogen-bond donors (Lipinski definition) is 0. The lowest BCUT2D eigenvalue weighted by molar-refractivity contribution is 0.660. The zero-order valence-electron chi connectivity index (χ0n) is 38.6. The van der Waals surface area contributed by atoms with E-state index in [0.29, 0.717) is 0 Å². The average molecular weight is 878 g/mol. The fraction of sp³-hybridized carbons (Fsp3) is 0.0588. The molecule has 1 spiro atoms. The second kappa shape index (κ2) is 15.0. The van der Waals surface area contributed by atoms with Crippen LogP contribution in [0.1, 0.15) is 47.2 Å². The number of fused-ring (bicyclic) bond motifs is 14. The van der Waals surface area contributed by atoms with Gasteiger partial charge in [0.2, 0.25) is 0 Å². The van der Waals surface area contributed by atoms with Gasteiger partial charge in [-0.2, -0.15) is 0 Å². The van der Waals surface area contributed by atoms with Crippen molar-refractivity contribution >= 4 is 27.8 Å². The molecule has 0 N–H and O–H groups in total. The molecule has 1 nitrogen and oxygen atoms in total. The molecule has 1 heteroatoms. The summed E-state index contributed by atoms with van der Waals surface area (Å²) in [6, 6.07) is 92.9. The molecule has 0 heterocycles. The summed E-state index contributed by atoms with van der Waals surface area (Å²) in [5, 5.41) is 2.55. The summed E-state index contributed by atoms with van der Waals surface area (Å²) in [7, 11) is 0. The quantitative estimate of drug-likeness (QED) is 0.161. The van der Waals surface area contributed by atoms with Gasteiger partial charge in [-0.3, -0.25) is 0 Å². The average Bonchev–Trinajstić information content (AvgIpc) is 3.96. The first-order chi connectivity index (χ1) is 34.0. The van der Waals surface area contributed by atoms with Crippen LogP contribution in [-0.4, -0.2) is 0 Å². The lowest BCUT2D eigenvalue weighted by Crippen LogP contribution is -2.25. The minimum Gasteiger partial charge on any atom is -0.310 e. The Labute approximate surface area is 404 Å². The molecule has 3 aliphatic rings. The van der Waals surface area contributed by atoms with Crippen molar-refractivity contribution in [2.75, 3.05) is 4.90 Å². The van der Waals surface area contributed by atoms with Crippen molar-refractivity contribution in [3.63, 3.8) is 0 Å². The Kier molecular flexibility index (Phi) is 8.61. The second-order valence-corrected chi connectivity index (χ2v) is 19.6. The zero-order valence-corrected chi connectivity index (χ0v) is 38.6. The molecule has 0 saturated heterocycles. The molecule has 1 unspecified atom stereocenters. The van der Waals surface area contributed by atoms with E-state index in [9.17, 15) is 0 Å². The molecule has 324 valence electrons. The fourth-order valence-corrected chi connectivity index (χ4v) is 12.5. The highest BCUT2D eigenvalue weighted by atomic mass is 15.1. The molecule has 69 heavy (non-hydrogen) atoms. The number of hydrogen-bond acceptors (Lipinski definition) is 1. The molecule has 14 rings (SSSR count). The largest absolute Gasteiger partial charge is 0.310 e. The van der Waals surface area contributed by atoms with E-state index in [2.05, 4.69) is 267 Å². The van der Waals surface area contributed by atoms with Gasteiger partial charge in [-0.05, 0) is 166 Å². The highest BCUT2D eigenvalue weighted by Crippen LogP contribution is 2.64. The summed E-state index contributed by atoms with van der Waals surface area (Å²) in [5.74, 6) is 0. The molecule has 0 saturated carbocycles. The van der Waals surface area contributed by atoms with Crippen molar-refractivity contribution in [3.05, 3.63) is 282 Å². The Morgan fingerprint density at radius 3 is 1.36 bits per heavy atom. The summed E-state index contributed by atoms with van der Waals surface area (Å²) >= 11 is 0. The van der Waals surface area contributed by atoms with Crippen LogP contribution in [0.15, 0.2) is 249 Å². The molecule has 11 aromatic rings. The van der Waals surface area contributed by atoms with Crippen molar-refractivity contribution in [1.29, 1.82) is 0 Å². The number of rotatable bonds is 6. The molecule has 0 bridgehead atoms. The van der Waals surface area contributed by atoms with Crippen LogP contribution in [0.5, 0.6) is 0 Å². The molecular formula is C68H47N. The predicted molar refractivity (Wildman–Crippen MR) is 289 cm³/mol. The Morgan fingerprint density at radius 1 is 0.261 bits per heavy atom. The van der Waals surface area contributed by atoms with Crippen molar-refractivity contribution < 1.29 is 0 Å². The zero-order chi connectivity index (χ0) is 45.8. The van der Waals surface area contributed by atoms with Gasteiger partial charge in [-0.25, -0.2) is 0 Å². The van der Waals surface area contributed by atoms with E-state index in [4.69, 9.17) is 0 Å². The van der Waals surface area contributed by atoms with E-state index in [1.807, 2.05) is 0 Å². The smallest absolute Gasteiger partial charge is 0.0725 e. The molecule has 0 radical (unpaired) electrons. The first kappa shape index (κ1) is 39.6. The first-order valence-corrected chi connectivity index (χ1v) is 24.2. The van der Waals surface area contributed by atoms with Crippen molar-refractivity contribution in [1.82, 2.24) is 0 Å². The number of benzene rings is 11. The summed E-state index contributed by atoms with van der Waals surface area (Å²) in [6.07, 6.45) is 0. The van der Waals surface area contributed by atoms with Crippen LogP contribution in [0.3, 0.4) is 0 Å². The highest BCUT2D eigenvalue weighted by molar-refractivity contribution is 6.03. The Bertz CT molecular complexity index is 3760. The van der Waals surface area contributed by atoms with Crippen LogP contribution < -0.4 is 4.90 Å².